The molecule has 0 bridgehead atoms. The largest absolute Gasteiger partial charge is 0.465 e. The molecular formula is C26H23NO4. The quantitative estimate of drug-likeness (QED) is 0.576. The van der Waals surface area contributed by atoms with Crippen molar-refractivity contribution in [3.05, 3.63) is 101 Å². The zero-order valence-electron chi connectivity index (χ0n) is 17.2. The van der Waals surface area contributed by atoms with E-state index in [0.717, 1.165) is 5.56 Å². The number of ether oxygens (including phenoxy) is 2. The SMILES string of the molecule is COC(=O)c1ccccc1C=CCNC(=O)OCC1c2ccccc2-c2ccccc21. The van der Waals surface area contributed by atoms with Crippen LogP contribution in [0.4, 0.5) is 4.79 Å². The first-order chi connectivity index (χ1) is 15.2. The summed E-state index contributed by atoms with van der Waals surface area (Å²) >= 11 is 0. The maximum atomic E-state index is 12.2. The van der Waals surface area contributed by atoms with Crippen molar-refractivity contribution < 1.29 is 19.1 Å². The summed E-state index contributed by atoms with van der Waals surface area (Å²) in [6, 6.07) is 23.6. The van der Waals surface area contributed by atoms with Gasteiger partial charge in [-0.3, -0.25) is 0 Å². The molecule has 0 saturated carbocycles. The highest BCUT2D eigenvalue weighted by Crippen LogP contribution is 2.44. The lowest BCUT2D eigenvalue weighted by Crippen LogP contribution is -2.26. The third-order valence-electron chi connectivity index (χ3n) is 5.37. The molecule has 3 aromatic carbocycles. The number of esters is 1. The highest BCUT2D eigenvalue weighted by Gasteiger charge is 2.28. The average Bonchev–Trinajstić information content (AvgIpc) is 3.14. The molecule has 31 heavy (non-hydrogen) atoms. The predicted molar refractivity (Wildman–Crippen MR) is 120 cm³/mol. The molecule has 0 aliphatic heterocycles. The maximum Gasteiger partial charge on any atom is 0.407 e. The van der Waals surface area contributed by atoms with E-state index in [1.165, 1.54) is 29.4 Å². The second-order valence-corrected chi connectivity index (χ2v) is 7.19. The first-order valence-corrected chi connectivity index (χ1v) is 10.1. The number of amides is 1. The molecule has 0 heterocycles. The summed E-state index contributed by atoms with van der Waals surface area (Å²) in [6.45, 7) is 0.556. The number of alkyl carbamates (subject to hydrolysis) is 1. The molecule has 4 rings (SSSR count). The van der Waals surface area contributed by atoms with Crippen LogP contribution in [0.25, 0.3) is 17.2 Å². The monoisotopic (exact) mass is 413 g/mol. The topological polar surface area (TPSA) is 64.6 Å². The zero-order valence-corrected chi connectivity index (χ0v) is 17.2. The number of benzene rings is 3. The van der Waals surface area contributed by atoms with Crippen molar-refractivity contribution in [1.29, 1.82) is 0 Å². The molecule has 0 spiro atoms. The Balaban J connectivity index is 1.34. The Morgan fingerprint density at radius 3 is 2.19 bits per heavy atom. The van der Waals surface area contributed by atoms with E-state index in [1.54, 1.807) is 24.3 Å². The molecule has 1 amide bonds. The van der Waals surface area contributed by atoms with Crippen LogP contribution in [-0.4, -0.2) is 32.3 Å². The van der Waals surface area contributed by atoms with Gasteiger partial charge in [0.25, 0.3) is 0 Å². The van der Waals surface area contributed by atoms with Crippen LogP contribution in [0.1, 0.15) is 33.0 Å². The highest BCUT2D eigenvalue weighted by atomic mass is 16.5. The predicted octanol–water partition coefficient (Wildman–Crippen LogP) is 5.03. The molecule has 5 nitrogen and oxygen atoms in total. The van der Waals surface area contributed by atoms with Crippen molar-refractivity contribution in [2.75, 3.05) is 20.3 Å². The highest BCUT2D eigenvalue weighted by molar-refractivity contribution is 5.93. The van der Waals surface area contributed by atoms with Gasteiger partial charge in [-0.1, -0.05) is 78.9 Å². The molecule has 1 N–H and O–H groups in total. The third kappa shape index (κ3) is 4.36. The lowest BCUT2D eigenvalue weighted by molar-refractivity contribution is 0.0600. The normalized spacial score (nSPS) is 12.3. The van der Waals surface area contributed by atoms with Gasteiger partial charge >= 0.3 is 12.1 Å². The van der Waals surface area contributed by atoms with Gasteiger partial charge in [0.15, 0.2) is 0 Å². The van der Waals surface area contributed by atoms with Crippen LogP contribution in [0.15, 0.2) is 78.9 Å². The van der Waals surface area contributed by atoms with Crippen LogP contribution in [0.2, 0.25) is 0 Å². The maximum absolute atomic E-state index is 12.2. The third-order valence-corrected chi connectivity index (χ3v) is 5.37. The van der Waals surface area contributed by atoms with Gasteiger partial charge in [0.05, 0.1) is 12.7 Å². The Kier molecular flexibility index (Phi) is 6.13. The summed E-state index contributed by atoms with van der Waals surface area (Å²) in [7, 11) is 1.35. The second-order valence-electron chi connectivity index (χ2n) is 7.19. The van der Waals surface area contributed by atoms with E-state index in [4.69, 9.17) is 9.47 Å². The molecule has 1 aliphatic rings. The minimum absolute atomic E-state index is 0.0284. The lowest BCUT2D eigenvalue weighted by atomic mass is 9.98. The molecule has 0 atom stereocenters. The van der Waals surface area contributed by atoms with E-state index >= 15 is 0 Å². The number of hydrogen-bond acceptors (Lipinski definition) is 4. The number of carbonyl (C=O) groups is 2. The van der Waals surface area contributed by atoms with E-state index in [-0.39, 0.29) is 19.1 Å². The van der Waals surface area contributed by atoms with E-state index in [1.807, 2.05) is 36.4 Å². The summed E-state index contributed by atoms with van der Waals surface area (Å²) < 4.78 is 10.3. The molecule has 0 aromatic heterocycles. The van der Waals surface area contributed by atoms with Gasteiger partial charge in [0, 0.05) is 12.5 Å². The van der Waals surface area contributed by atoms with E-state index in [0.29, 0.717) is 5.56 Å². The lowest BCUT2D eigenvalue weighted by Gasteiger charge is -2.14. The number of fused-ring (bicyclic) bond motifs is 3. The Morgan fingerprint density at radius 2 is 1.52 bits per heavy atom. The summed E-state index contributed by atoms with van der Waals surface area (Å²) in [5.41, 5.74) is 5.94. The first-order valence-electron chi connectivity index (χ1n) is 10.1. The zero-order chi connectivity index (χ0) is 21.6. The molecular weight excluding hydrogens is 390 g/mol. The molecule has 0 radical (unpaired) electrons. The second kappa shape index (κ2) is 9.30. The minimum Gasteiger partial charge on any atom is -0.465 e. The number of methoxy groups -OCH3 is 1. The standard InChI is InChI=1S/C26H23NO4/c1-30-25(28)19-11-3-2-9-18(19)10-8-16-27-26(29)31-17-24-22-14-6-4-12-20(22)21-13-5-7-15-23(21)24/h2-15,24H,16-17H2,1H3,(H,27,29). The minimum atomic E-state index is -0.479. The molecule has 3 aromatic rings. The molecule has 1 aliphatic carbocycles. The van der Waals surface area contributed by atoms with Gasteiger partial charge < -0.3 is 14.8 Å². The fraction of sp³-hybridized carbons (Fsp3) is 0.154. The van der Waals surface area contributed by atoms with E-state index in [9.17, 15) is 9.59 Å². The van der Waals surface area contributed by atoms with Gasteiger partial charge in [0.1, 0.15) is 6.61 Å². The fourth-order valence-electron chi connectivity index (χ4n) is 3.92. The van der Waals surface area contributed by atoms with Gasteiger partial charge in [-0.15, -0.1) is 0 Å². The molecule has 156 valence electrons. The van der Waals surface area contributed by atoms with Crippen LogP contribution < -0.4 is 5.32 Å². The van der Waals surface area contributed by atoms with Gasteiger partial charge in [0.2, 0.25) is 0 Å². The summed E-state index contributed by atoms with van der Waals surface area (Å²) in [6.07, 6.45) is 3.06. The van der Waals surface area contributed by atoms with E-state index < -0.39 is 12.1 Å². The van der Waals surface area contributed by atoms with Gasteiger partial charge in [-0.25, -0.2) is 9.59 Å². The van der Waals surface area contributed by atoms with Crippen molar-refractivity contribution >= 4 is 18.1 Å². The van der Waals surface area contributed by atoms with Crippen molar-refractivity contribution in [3.8, 4) is 11.1 Å². The number of carbonyl (C=O) groups excluding carboxylic acids is 2. The van der Waals surface area contributed by atoms with Crippen LogP contribution in [0.5, 0.6) is 0 Å². The van der Waals surface area contributed by atoms with Crippen molar-refractivity contribution in [2.24, 2.45) is 0 Å². The Bertz CT molecular complexity index is 1090. The molecule has 0 unspecified atom stereocenters. The Hall–Kier alpha value is -3.86. The van der Waals surface area contributed by atoms with Crippen molar-refractivity contribution in [2.45, 2.75) is 5.92 Å². The Labute approximate surface area is 181 Å². The van der Waals surface area contributed by atoms with E-state index in [2.05, 4.69) is 29.6 Å². The number of hydrogen-bond donors (Lipinski definition) is 1. The van der Waals surface area contributed by atoms with Gasteiger partial charge in [-0.2, -0.15) is 0 Å². The Morgan fingerprint density at radius 1 is 0.903 bits per heavy atom. The van der Waals surface area contributed by atoms with Crippen molar-refractivity contribution in [1.82, 2.24) is 5.32 Å². The summed E-state index contributed by atoms with van der Waals surface area (Å²) in [5, 5.41) is 2.72. The molecule has 5 heteroatoms. The summed E-state index contributed by atoms with van der Waals surface area (Å²) in [5.74, 6) is -0.370. The first kappa shape index (κ1) is 20.4. The summed E-state index contributed by atoms with van der Waals surface area (Å²) in [4.78, 5) is 24.0. The fourth-order valence-corrected chi connectivity index (χ4v) is 3.92. The van der Waals surface area contributed by atoms with Gasteiger partial charge in [-0.05, 0) is 33.9 Å². The molecule has 0 fully saturated rings. The van der Waals surface area contributed by atoms with Crippen LogP contribution in [0, 0.1) is 0 Å². The van der Waals surface area contributed by atoms with Crippen LogP contribution in [0.3, 0.4) is 0 Å². The van der Waals surface area contributed by atoms with Crippen LogP contribution >= 0.6 is 0 Å². The average molecular weight is 413 g/mol. The van der Waals surface area contributed by atoms with Crippen LogP contribution in [-0.2, 0) is 9.47 Å². The number of nitrogens with one attached hydrogen (secondary N) is 1. The smallest absolute Gasteiger partial charge is 0.407 e. The number of rotatable bonds is 6. The van der Waals surface area contributed by atoms with Crippen molar-refractivity contribution in [3.63, 3.8) is 0 Å². The molecule has 0 saturated heterocycles.